The van der Waals surface area contributed by atoms with E-state index >= 15 is 0 Å². The van der Waals surface area contributed by atoms with Crippen LogP contribution in [0.3, 0.4) is 0 Å². The van der Waals surface area contributed by atoms with Gasteiger partial charge in [-0.1, -0.05) is 0 Å². The molecule has 2 aromatic rings. The van der Waals surface area contributed by atoms with Crippen LogP contribution in [0.5, 0.6) is 11.6 Å². The number of methoxy groups -OCH3 is 1. The molecule has 0 saturated heterocycles. The Kier molecular flexibility index (Phi) is 7.54. The summed E-state index contributed by atoms with van der Waals surface area (Å²) in [6, 6.07) is 3.83. The van der Waals surface area contributed by atoms with Gasteiger partial charge in [-0.05, 0) is 57.7 Å². The number of hydrogen-bond acceptors (Lipinski definition) is 9. The lowest BCUT2D eigenvalue weighted by atomic mass is 10.1. The number of rotatable bonds is 9. The fourth-order valence-electron chi connectivity index (χ4n) is 4.64. The van der Waals surface area contributed by atoms with Crippen molar-refractivity contribution < 1.29 is 49.0 Å². The number of hydrogen-bond donors (Lipinski definition) is 2. The second-order valence-corrected chi connectivity index (χ2v) is 14.5. The van der Waals surface area contributed by atoms with Crippen LogP contribution in [0.25, 0.3) is 0 Å². The number of amides is 1. The van der Waals surface area contributed by atoms with Gasteiger partial charge in [0.2, 0.25) is 15.6 Å². The molecule has 0 radical (unpaired) electrons. The van der Waals surface area contributed by atoms with E-state index in [0.29, 0.717) is 51.8 Å². The first-order chi connectivity index (χ1) is 19.5. The second kappa shape index (κ2) is 10.5. The van der Waals surface area contributed by atoms with Gasteiger partial charge in [-0.25, -0.2) is 26.4 Å². The van der Waals surface area contributed by atoms with Gasteiger partial charge in [0.15, 0.2) is 4.90 Å². The van der Waals surface area contributed by atoms with Crippen LogP contribution in [0.1, 0.15) is 38.8 Å². The number of aromatic nitrogens is 2. The molecule has 1 fully saturated rings. The van der Waals surface area contributed by atoms with Crippen molar-refractivity contribution in [1.82, 2.24) is 14.5 Å². The number of anilines is 2. The quantitative estimate of drug-likeness (QED) is 0.422. The smallest absolute Gasteiger partial charge is 0.427 e. The highest BCUT2D eigenvalue weighted by atomic mass is 32.2. The number of nitrogens with one attached hydrogen (secondary N) is 2. The summed E-state index contributed by atoms with van der Waals surface area (Å²) in [5, 5.41) is 5.95. The topological polar surface area (TPSA) is 158 Å². The summed E-state index contributed by atoms with van der Waals surface area (Å²) in [5.41, 5.74) is -2.45. The molecule has 18 heteroatoms. The van der Waals surface area contributed by atoms with Crippen LogP contribution >= 0.6 is 0 Å². The third-order valence-electron chi connectivity index (χ3n) is 7.15. The van der Waals surface area contributed by atoms with Crippen molar-refractivity contribution in [3.63, 3.8) is 0 Å². The van der Waals surface area contributed by atoms with E-state index in [1.165, 1.54) is 25.3 Å². The van der Waals surface area contributed by atoms with Crippen LogP contribution in [0.2, 0.25) is 0 Å². The number of benzene rings is 1. The average Bonchev–Trinajstić information content (AvgIpc) is 3.56. The van der Waals surface area contributed by atoms with Crippen molar-refractivity contribution in [2.45, 2.75) is 74.1 Å². The minimum Gasteiger partial charge on any atom is -0.485 e. The number of nitrogens with zero attached hydrogens (tertiary/aromatic N) is 3. The van der Waals surface area contributed by atoms with Gasteiger partial charge in [-0.3, -0.25) is 14.3 Å². The highest BCUT2D eigenvalue weighted by Crippen LogP contribution is 2.42. The second-order valence-electron chi connectivity index (χ2n) is 10.7. The number of fused-ring (bicyclic) bond motifs is 2. The number of ether oxygens (including phenoxy) is 3. The summed E-state index contributed by atoms with van der Waals surface area (Å²) in [6.45, 7) is 1.34. The average molecular weight is 638 g/mol. The molecule has 13 nitrogen and oxygen atoms in total. The van der Waals surface area contributed by atoms with Gasteiger partial charge in [0, 0.05) is 18.8 Å². The van der Waals surface area contributed by atoms with Crippen LogP contribution in [0.15, 0.2) is 23.1 Å². The lowest BCUT2D eigenvalue weighted by molar-refractivity contribution is -0.242. The van der Waals surface area contributed by atoms with Crippen LogP contribution in [-0.4, -0.2) is 76.0 Å². The van der Waals surface area contributed by atoms with Gasteiger partial charge in [0.05, 0.1) is 30.3 Å². The van der Waals surface area contributed by atoms with Crippen molar-refractivity contribution >= 4 is 37.5 Å². The Hall–Kier alpha value is -3.25. The van der Waals surface area contributed by atoms with Crippen molar-refractivity contribution in [1.29, 1.82) is 0 Å². The van der Waals surface area contributed by atoms with Crippen LogP contribution in [0.4, 0.5) is 29.3 Å². The zero-order chi connectivity index (χ0) is 30.7. The molecule has 3 aliphatic rings. The first kappa shape index (κ1) is 30.2. The maximum atomic E-state index is 14.2. The Morgan fingerprint density at radius 1 is 1.19 bits per heavy atom. The van der Waals surface area contributed by atoms with Crippen LogP contribution in [-0.2, 0) is 37.7 Å². The fraction of sp³-hybridized carbons (Fsp3) is 0.583. The molecule has 2 N–H and O–H groups in total. The Morgan fingerprint density at radius 3 is 2.55 bits per heavy atom. The third-order valence-corrected chi connectivity index (χ3v) is 10.9. The van der Waals surface area contributed by atoms with Crippen molar-refractivity contribution in [2.24, 2.45) is 0 Å². The lowest BCUT2D eigenvalue weighted by Crippen LogP contribution is -2.49. The van der Waals surface area contributed by atoms with E-state index in [2.05, 4.69) is 19.9 Å². The molecule has 42 heavy (non-hydrogen) atoms. The molecule has 1 aromatic heterocycles. The van der Waals surface area contributed by atoms with Gasteiger partial charge in [-0.15, -0.1) is 5.10 Å². The molecule has 2 aliphatic heterocycles. The van der Waals surface area contributed by atoms with E-state index in [1.54, 1.807) is 4.68 Å². The SMILES string of the molecule is COc1nn2c(c1S(=O)(=O)N1C[C@@H](CNS(=O)(=O)C3CC3)Oc3ccc(NC(=O)OC(C)(C)C(F)(F)F)cc31)CCC2. The van der Waals surface area contributed by atoms with Crippen molar-refractivity contribution in [2.75, 3.05) is 29.8 Å². The minimum absolute atomic E-state index is 0.0378. The molecule has 1 aromatic carbocycles. The maximum absolute atomic E-state index is 14.2. The first-order valence-corrected chi connectivity index (χ1v) is 16.0. The number of sulfonamides is 2. The summed E-state index contributed by atoms with van der Waals surface area (Å²) in [4.78, 5) is 12.2. The normalized spacial score (nSPS) is 19.1. The van der Waals surface area contributed by atoms with E-state index in [0.717, 1.165) is 4.31 Å². The largest absolute Gasteiger partial charge is 0.485 e. The summed E-state index contributed by atoms with van der Waals surface area (Å²) < 4.78 is 114. The minimum atomic E-state index is -4.83. The predicted octanol–water partition coefficient (Wildman–Crippen LogP) is 2.77. The van der Waals surface area contributed by atoms with E-state index in [-0.39, 0.29) is 41.0 Å². The van der Waals surface area contributed by atoms with Crippen LogP contribution < -0.4 is 23.8 Å². The van der Waals surface area contributed by atoms with Gasteiger partial charge in [0.1, 0.15) is 11.9 Å². The standard InChI is InChI=1S/C24H30F3N5O8S2/c1-23(2,24(25,26)27)40-22(33)29-14-6-9-19-18(11-14)32(13-15(39-19)12-28-41(34,35)16-7-8-16)42(36,37)20-17-5-4-10-31(17)30-21(20)38-3/h6,9,11,15-16,28H,4-5,7-8,10,12-13H2,1-3H3,(H,29,33)/t15-/m1/s1. The molecule has 0 bridgehead atoms. The van der Waals surface area contributed by atoms with E-state index < -0.39 is 49.3 Å². The molecule has 1 atom stereocenters. The highest BCUT2D eigenvalue weighted by molar-refractivity contribution is 7.93. The fourth-order valence-corrected chi connectivity index (χ4v) is 7.89. The third kappa shape index (κ3) is 5.70. The molecule has 1 amide bonds. The molecular weight excluding hydrogens is 607 g/mol. The highest BCUT2D eigenvalue weighted by Gasteiger charge is 2.51. The number of alkyl halides is 3. The van der Waals surface area contributed by atoms with Crippen LogP contribution in [0, 0.1) is 0 Å². The Balaban J connectivity index is 1.48. The molecule has 1 aliphatic carbocycles. The van der Waals surface area contributed by atoms with E-state index in [9.17, 15) is 34.8 Å². The summed E-state index contributed by atoms with van der Waals surface area (Å²) in [6.07, 6.45) is -5.01. The summed E-state index contributed by atoms with van der Waals surface area (Å²) >= 11 is 0. The van der Waals surface area contributed by atoms with Crippen molar-refractivity contribution in [3.05, 3.63) is 23.9 Å². The molecule has 0 unspecified atom stereocenters. The van der Waals surface area contributed by atoms with E-state index in [4.69, 9.17) is 9.47 Å². The Bertz CT molecular complexity index is 1600. The monoisotopic (exact) mass is 637 g/mol. The lowest BCUT2D eigenvalue weighted by Gasteiger charge is -2.35. The molecule has 232 valence electrons. The van der Waals surface area contributed by atoms with E-state index in [1.807, 2.05) is 0 Å². The summed E-state index contributed by atoms with van der Waals surface area (Å²) in [5.74, 6) is -0.0752. The molecule has 1 saturated carbocycles. The molecule has 3 heterocycles. The Labute approximate surface area is 240 Å². The first-order valence-electron chi connectivity index (χ1n) is 13.1. The Morgan fingerprint density at radius 2 is 1.90 bits per heavy atom. The predicted molar refractivity (Wildman–Crippen MR) is 143 cm³/mol. The van der Waals surface area contributed by atoms with Gasteiger partial charge in [0.25, 0.3) is 15.9 Å². The number of carbonyl (C=O) groups excluding carboxylic acids is 1. The zero-order valence-electron chi connectivity index (χ0n) is 22.9. The zero-order valence-corrected chi connectivity index (χ0v) is 24.5. The summed E-state index contributed by atoms with van der Waals surface area (Å²) in [7, 11) is -6.72. The maximum Gasteiger partial charge on any atom is 0.427 e. The molecule has 5 rings (SSSR count). The number of halogens is 3. The van der Waals surface area contributed by atoms with Gasteiger partial charge < -0.3 is 14.2 Å². The number of carbonyl (C=O) groups is 1. The molecule has 0 spiro atoms. The number of aryl methyl sites for hydroxylation is 1. The molecular formula is C24H30F3N5O8S2. The van der Waals surface area contributed by atoms with Gasteiger partial charge in [-0.2, -0.15) is 13.2 Å². The van der Waals surface area contributed by atoms with Gasteiger partial charge >= 0.3 is 12.3 Å². The van der Waals surface area contributed by atoms with Crippen molar-refractivity contribution in [3.8, 4) is 11.6 Å².